The minimum atomic E-state index is -1.07. The Morgan fingerprint density at radius 3 is 2.65 bits per heavy atom. The minimum absolute atomic E-state index is 0.0115. The molecule has 0 spiro atoms. The van der Waals surface area contributed by atoms with Crippen molar-refractivity contribution in [3.63, 3.8) is 0 Å². The van der Waals surface area contributed by atoms with Gasteiger partial charge >= 0.3 is 5.97 Å². The molecular formula is C14H15ClN2O3. The summed E-state index contributed by atoms with van der Waals surface area (Å²) in [5.74, 6) is -0.375. The van der Waals surface area contributed by atoms with E-state index in [1.807, 2.05) is 13.0 Å². The van der Waals surface area contributed by atoms with E-state index in [1.165, 1.54) is 10.7 Å². The van der Waals surface area contributed by atoms with Gasteiger partial charge in [0, 0.05) is 17.6 Å². The quantitative estimate of drug-likeness (QED) is 0.941. The maximum atomic E-state index is 11.0. The first-order valence-electron chi connectivity index (χ1n) is 6.12. The van der Waals surface area contributed by atoms with Gasteiger partial charge in [0.25, 0.3) is 0 Å². The number of nitrogens with zero attached hydrogens (tertiary/aromatic N) is 2. The molecule has 1 aromatic heterocycles. The van der Waals surface area contributed by atoms with E-state index in [-0.39, 0.29) is 5.69 Å². The van der Waals surface area contributed by atoms with Crippen molar-refractivity contribution in [1.82, 2.24) is 9.78 Å². The van der Waals surface area contributed by atoms with Crippen LogP contribution < -0.4 is 4.74 Å². The van der Waals surface area contributed by atoms with Crippen molar-refractivity contribution >= 4 is 17.6 Å². The highest BCUT2D eigenvalue weighted by Gasteiger charge is 2.18. The summed E-state index contributed by atoms with van der Waals surface area (Å²) in [6, 6.07) is 5.11. The summed E-state index contributed by atoms with van der Waals surface area (Å²) in [7, 11) is 3.27. The number of halogens is 1. The fourth-order valence-electron chi connectivity index (χ4n) is 2.17. The molecule has 0 atom stereocenters. The molecule has 0 saturated carbocycles. The topological polar surface area (TPSA) is 64.3 Å². The third-order valence-corrected chi connectivity index (χ3v) is 3.31. The number of aryl methyl sites for hydroxylation is 2. The highest BCUT2D eigenvalue weighted by molar-refractivity contribution is 6.31. The Morgan fingerprint density at radius 1 is 1.45 bits per heavy atom. The average molecular weight is 295 g/mol. The number of carboxylic acids is 1. The van der Waals surface area contributed by atoms with Gasteiger partial charge in [0.15, 0.2) is 5.69 Å². The molecule has 1 aromatic carbocycles. The summed E-state index contributed by atoms with van der Waals surface area (Å²) in [5.41, 5.74) is 2.34. The first kappa shape index (κ1) is 14.4. The maximum absolute atomic E-state index is 11.0. The Balaban J connectivity index is 2.68. The number of carboxylic acid groups (broad SMARTS) is 1. The lowest BCUT2D eigenvalue weighted by Gasteiger charge is -2.13. The van der Waals surface area contributed by atoms with E-state index >= 15 is 0 Å². The normalized spacial score (nSPS) is 10.6. The van der Waals surface area contributed by atoms with Crippen molar-refractivity contribution < 1.29 is 14.6 Å². The number of carbonyl (C=O) groups is 1. The highest BCUT2D eigenvalue weighted by Crippen LogP contribution is 2.36. The largest absolute Gasteiger partial charge is 0.496 e. The van der Waals surface area contributed by atoms with Crippen molar-refractivity contribution in [2.45, 2.75) is 13.3 Å². The van der Waals surface area contributed by atoms with Gasteiger partial charge in [-0.3, -0.25) is 4.68 Å². The Bertz CT molecular complexity index is 665. The van der Waals surface area contributed by atoms with Crippen LogP contribution in [-0.2, 0) is 13.5 Å². The Labute approximate surface area is 121 Å². The fourth-order valence-corrected chi connectivity index (χ4v) is 2.41. The van der Waals surface area contributed by atoms with E-state index in [4.69, 9.17) is 21.4 Å². The van der Waals surface area contributed by atoms with Crippen LogP contribution in [0.5, 0.6) is 5.75 Å². The molecule has 20 heavy (non-hydrogen) atoms. The standard InChI is InChI=1S/C14H15ClN2O3/c1-4-8-5-9(15)6-10(13(8)20-3)12-7-11(14(18)19)16-17(12)2/h5-7H,4H2,1-3H3,(H,18,19). The number of aromatic nitrogens is 2. The average Bonchev–Trinajstić information content (AvgIpc) is 2.79. The van der Waals surface area contributed by atoms with E-state index in [1.54, 1.807) is 20.2 Å². The molecular weight excluding hydrogens is 280 g/mol. The van der Waals surface area contributed by atoms with E-state index < -0.39 is 5.97 Å². The van der Waals surface area contributed by atoms with E-state index in [9.17, 15) is 4.79 Å². The molecule has 0 bridgehead atoms. The lowest BCUT2D eigenvalue weighted by atomic mass is 10.0. The predicted octanol–water partition coefficient (Wildman–Crippen LogP) is 3.01. The van der Waals surface area contributed by atoms with Crippen molar-refractivity contribution in [3.8, 4) is 17.0 Å². The van der Waals surface area contributed by atoms with Crippen LogP contribution in [0.15, 0.2) is 18.2 Å². The lowest BCUT2D eigenvalue weighted by Crippen LogP contribution is -2.00. The van der Waals surface area contributed by atoms with E-state index in [0.717, 1.165) is 17.5 Å². The first-order valence-corrected chi connectivity index (χ1v) is 6.49. The zero-order chi connectivity index (χ0) is 14.9. The zero-order valence-corrected chi connectivity index (χ0v) is 12.2. The molecule has 5 nitrogen and oxygen atoms in total. The van der Waals surface area contributed by atoms with E-state index in [2.05, 4.69) is 5.10 Å². The molecule has 1 N–H and O–H groups in total. The summed E-state index contributed by atoms with van der Waals surface area (Å²) in [5, 5.41) is 13.6. The van der Waals surface area contributed by atoms with Crippen molar-refractivity contribution in [2.24, 2.45) is 7.05 Å². The molecule has 2 rings (SSSR count). The van der Waals surface area contributed by atoms with Crippen LogP contribution in [0.3, 0.4) is 0 Å². The number of hydrogen-bond acceptors (Lipinski definition) is 3. The van der Waals surface area contributed by atoms with Crippen molar-refractivity contribution in [2.75, 3.05) is 7.11 Å². The third kappa shape index (κ3) is 2.49. The van der Waals surface area contributed by atoms with Crippen LogP contribution in [0.1, 0.15) is 23.0 Å². The van der Waals surface area contributed by atoms with Gasteiger partial charge in [0.05, 0.1) is 12.8 Å². The van der Waals surface area contributed by atoms with Gasteiger partial charge in [-0.2, -0.15) is 5.10 Å². The monoisotopic (exact) mass is 294 g/mol. The molecule has 0 aliphatic heterocycles. The molecule has 6 heteroatoms. The second-order valence-corrected chi connectivity index (χ2v) is 4.78. The second-order valence-electron chi connectivity index (χ2n) is 4.34. The summed E-state index contributed by atoms with van der Waals surface area (Å²) < 4.78 is 6.97. The molecule has 0 fully saturated rings. The van der Waals surface area contributed by atoms with Crippen LogP contribution in [0, 0.1) is 0 Å². The van der Waals surface area contributed by atoms with Crippen molar-refractivity contribution in [1.29, 1.82) is 0 Å². The van der Waals surface area contributed by atoms with Gasteiger partial charge in [-0.05, 0) is 30.2 Å². The van der Waals surface area contributed by atoms with Crippen LogP contribution in [0.4, 0.5) is 0 Å². The van der Waals surface area contributed by atoms with Gasteiger partial charge in [0.2, 0.25) is 0 Å². The zero-order valence-electron chi connectivity index (χ0n) is 11.5. The van der Waals surface area contributed by atoms with Gasteiger partial charge < -0.3 is 9.84 Å². The van der Waals surface area contributed by atoms with Crippen LogP contribution in [-0.4, -0.2) is 28.0 Å². The molecule has 0 unspecified atom stereocenters. The number of hydrogen-bond donors (Lipinski definition) is 1. The Morgan fingerprint density at radius 2 is 2.15 bits per heavy atom. The first-order chi connectivity index (χ1) is 9.47. The molecule has 0 radical (unpaired) electrons. The number of methoxy groups -OCH3 is 1. The van der Waals surface area contributed by atoms with Gasteiger partial charge in [-0.25, -0.2) is 4.79 Å². The van der Waals surface area contributed by atoms with E-state index in [0.29, 0.717) is 16.5 Å². The fraction of sp³-hybridized carbons (Fsp3) is 0.286. The minimum Gasteiger partial charge on any atom is -0.496 e. The van der Waals surface area contributed by atoms with Crippen LogP contribution in [0.25, 0.3) is 11.3 Å². The van der Waals surface area contributed by atoms with Gasteiger partial charge in [-0.1, -0.05) is 18.5 Å². The smallest absolute Gasteiger partial charge is 0.356 e. The summed E-state index contributed by atoms with van der Waals surface area (Å²) in [6.45, 7) is 2.00. The molecule has 1 heterocycles. The SMILES string of the molecule is CCc1cc(Cl)cc(-c2cc(C(=O)O)nn2C)c1OC. The molecule has 106 valence electrons. The summed E-state index contributed by atoms with van der Waals surface area (Å²) >= 11 is 6.13. The Kier molecular flexibility index (Phi) is 3.99. The number of rotatable bonds is 4. The van der Waals surface area contributed by atoms with Crippen LogP contribution >= 0.6 is 11.6 Å². The Hall–Kier alpha value is -2.01. The molecule has 2 aromatic rings. The molecule has 0 saturated heterocycles. The predicted molar refractivity (Wildman–Crippen MR) is 76.5 cm³/mol. The lowest BCUT2D eigenvalue weighted by molar-refractivity contribution is 0.0689. The highest BCUT2D eigenvalue weighted by atomic mass is 35.5. The number of benzene rings is 1. The second kappa shape index (κ2) is 5.54. The van der Waals surface area contributed by atoms with Crippen LogP contribution in [0.2, 0.25) is 5.02 Å². The summed E-state index contributed by atoms with van der Waals surface area (Å²) in [6.07, 6.45) is 0.764. The third-order valence-electron chi connectivity index (χ3n) is 3.09. The molecule has 0 aliphatic carbocycles. The molecule has 0 amide bonds. The van der Waals surface area contributed by atoms with Crippen molar-refractivity contribution in [3.05, 3.63) is 34.5 Å². The van der Waals surface area contributed by atoms with Gasteiger partial charge in [-0.15, -0.1) is 0 Å². The molecule has 0 aliphatic rings. The summed E-state index contributed by atoms with van der Waals surface area (Å²) in [4.78, 5) is 11.0. The number of ether oxygens (including phenoxy) is 1. The number of aromatic carboxylic acids is 1. The van der Waals surface area contributed by atoms with Gasteiger partial charge in [0.1, 0.15) is 5.75 Å². The maximum Gasteiger partial charge on any atom is 0.356 e.